The van der Waals surface area contributed by atoms with E-state index in [9.17, 15) is 14.4 Å². The van der Waals surface area contributed by atoms with E-state index in [-0.39, 0.29) is 24.1 Å². The van der Waals surface area contributed by atoms with Gasteiger partial charge in [-0.15, -0.1) is 0 Å². The quantitative estimate of drug-likeness (QED) is 0.788. The van der Waals surface area contributed by atoms with Crippen molar-refractivity contribution < 1.29 is 14.4 Å². The molecule has 2 aromatic carbocycles. The number of carbonyl (C=O) groups excluding carboxylic acids is 3. The minimum absolute atomic E-state index is 0.0891. The molecule has 1 unspecified atom stereocenters. The van der Waals surface area contributed by atoms with Crippen LogP contribution in [0.2, 0.25) is 0 Å². The van der Waals surface area contributed by atoms with E-state index in [4.69, 9.17) is 0 Å². The zero-order valence-corrected chi connectivity index (χ0v) is 16.6. The zero-order chi connectivity index (χ0) is 20.8. The normalized spacial score (nSPS) is 14.8. The fourth-order valence-corrected chi connectivity index (χ4v) is 3.41. The molecule has 2 aromatic rings. The fraction of sp³-hybridized carbons (Fsp3) is 0.261. The van der Waals surface area contributed by atoms with Gasteiger partial charge in [-0.3, -0.25) is 14.4 Å². The molecule has 150 valence electrons. The Labute approximate surface area is 170 Å². The highest BCUT2D eigenvalue weighted by atomic mass is 16.2. The lowest BCUT2D eigenvalue weighted by molar-refractivity contribution is -0.129. The van der Waals surface area contributed by atoms with Crippen LogP contribution >= 0.6 is 0 Å². The average Bonchev–Trinajstić information content (AvgIpc) is 2.72. The molecule has 0 radical (unpaired) electrons. The van der Waals surface area contributed by atoms with Crippen molar-refractivity contribution in [1.82, 2.24) is 10.2 Å². The van der Waals surface area contributed by atoms with Crippen LogP contribution in [-0.4, -0.2) is 29.2 Å². The number of rotatable bonds is 6. The fourth-order valence-electron chi connectivity index (χ4n) is 3.41. The van der Waals surface area contributed by atoms with Crippen molar-refractivity contribution in [3.05, 3.63) is 71.4 Å². The molecule has 0 aromatic heterocycles. The van der Waals surface area contributed by atoms with Gasteiger partial charge in [-0.1, -0.05) is 43.3 Å². The second-order valence-electron chi connectivity index (χ2n) is 6.94. The van der Waals surface area contributed by atoms with Gasteiger partial charge in [-0.25, -0.2) is 0 Å². The van der Waals surface area contributed by atoms with Crippen LogP contribution in [-0.2, 0) is 9.59 Å². The Balaban J connectivity index is 1.79. The second kappa shape index (κ2) is 9.19. The summed E-state index contributed by atoms with van der Waals surface area (Å²) >= 11 is 0. The molecular weight excluding hydrogens is 366 g/mol. The first-order valence-corrected chi connectivity index (χ1v) is 9.74. The maximum Gasteiger partial charge on any atom is 0.253 e. The summed E-state index contributed by atoms with van der Waals surface area (Å²) in [4.78, 5) is 38.9. The summed E-state index contributed by atoms with van der Waals surface area (Å²) in [5, 5.41) is 5.67. The topological polar surface area (TPSA) is 78.5 Å². The maximum absolute atomic E-state index is 12.8. The van der Waals surface area contributed by atoms with Gasteiger partial charge in [0.1, 0.15) is 0 Å². The smallest absolute Gasteiger partial charge is 0.253 e. The Morgan fingerprint density at radius 2 is 1.76 bits per heavy atom. The van der Waals surface area contributed by atoms with Crippen molar-refractivity contribution in [1.29, 1.82) is 0 Å². The number of fused-ring (bicyclic) bond motifs is 1. The molecule has 1 aliphatic heterocycles. The van der Waals surface area contributed by atoms with E-state index in [2.05, 4.69) is 10.6 Å². The van der Waals surface area contributed by atoms with Gasteiger partial charge in [0.2, 0.25) is 11.8 Å². The van der Waals surface area contributed by atoms with Gasteiger partial charge in [-0.2, -0.15) is 0 Å². The summed E-state index contributed by atoms with van der Waals surface area (Å²) in [7, 11) is 0. The van der Waals surface area contributed by atoms with Crippen molar-refractivity contribution in [2.75, 3.05) is 11.9 Å². The summed E-state index contributed by atoms with van der Waals surface area (Å²) in [6.45, 7) is 4.03. The van der Waals surface area contributed by atoms with Gasteiger partial charge in [0.05, 0.1) is 23.7 Å². The largest absolute Gasteiger partial charge is 0.352 e. The first kappa shape index (κ1) is 20.3. The van der Waals surface area contributed by atoms with E-state index in [1.54, 1.807) is 35.4 Å². The van der Waals surface area contributed by atoms with Crippen LogP contribution in [0.3, 0.4) is 0 Å². The molecule has 0 spiro atoms. The van der Waals surface area contributed by atoms with Crippen molar-refractivity contribution >= 4 is 29.5 Å². The van der Waals surface area contributed by atoms with Crippen molar-refractivity contribution in [3.63, 3.8) is 0 Å². The van der Waals surface area contributed by atoms with Crippen molar-refractivity contribution in [2.45, 2.75) is 32.7 Å². The Kier molecular flexibility index (Phi) is 6.44. The number of hydrogen-bond donors (Lipinski definition) is 2. The minimum Gasteiger partial charge on any atom is -0.352 e. The molecular formula is C23H25N3O3. The van der Waals surface area contributed by atoms with Gasteiger partial charge in [0.15, 0.2) is 0 Å². The van der Waals surface area contributed by atoms with Crippen molar-refractivity contribution in [3.8, 4) is 0 Å². The van der Waals surface area contributed by atoms with Crippen LogP contribution in [0, 0.1) is 0 Å². The molecule has 1 aliphatic rings. The average molecular weight is 391 g/mol. The number of nitrogens with zero attached hydrogens (tertiary/aromatic N) is 1. The van der Waals surface area contributed by atoms with Crippen molar-refractivity contribution in [2.24, 2.45) is 0 Å². The number of carbonyl (C=O) groups is 3. The van der Waals surface area contributed by atoms with E-state index in [1.165, 1.54) is 6.92 Å². The highest BCUT2D eigenvalue weighted by Gasteiger charge is 2.28. The van der Waals surface area contributed by atoms with Crippen LogP contribution in [0.1, 0.15) is 54.2 Å². The van der Waals surface area contributed by atoms with Crippen LogP contribution in [0.4, 0.5) is 5.69 Å². The second-order valence-corrected chi connectivity index (χ2v) is 6.94. The Morgan fingerprint density at radius 3 is 2.52 bits per heavy atom. The molecule has 6 heteroatoms. The van der Waals surface area contributed by atoms with Gasteiger partial charge >= 0.3 is 0 Å². The van der Waals surface area contributed by atoms with Crippen LogP contribution in [0.5, 0.6) is 0 Å². The molecule has 0 saturated carbocycles. The first-order valence-electron chi connectivity index (χ1n) is 9.74. The minimum atomic E-state index is -0.394. The molecule has 0 aliphatic carbocycles. The number of amides is 3. The number of hydrogen-bond acceptors (Lipinski definition) is 3. The molecule has 1 atom stereocenters. The Bertz CT molecular complexity index is 952. The van der Waals surface area contributed by atoms with Gasteiger partial charge in [-0.05, 0) is 35.8 Å². The number of para-hydroxylation sites is 1. The standard InChI is InChI=1S/C23H25N3O3/c1-3-13-24-23(29)19-10-6-7-11-20(19)25-22(28)15-21-18-9-5-4-8-17(18)12-14-26(21)16(2)27/h4-12,14,21H,3,13,15H2,1-2H3,(H,24,29)(H,25,28). The van der Waals surface area contributed by atoms with Gasteiger partial charge in [0, 0.05) is 19.7 Å². The molecule has 0 bridgehead atoms. The summed E-state index contributed by atoms with van der Waals surface area (Å²) in [6, 6.07) is 14.2. The Morgan fingerprint density at radius 1 is 1.03 bits per heavy atom. The molecule has 0 saturated heterocycles. The highest BCUT2D eigenvalue weighted by Crippen LogP contribution is 2.33. The summed E-state index contributed by atoms with van der Waals surface area (Å²) in [6.07, 6.45) is 4.51. The lowest BCUT2D eigenvalue weighted by atomic mass is 9.93. The number of anilines is 1. The van der Waals surface area contributed by atoms with E-state index in [0.29, 0.717) is 17.8 Å². The highest BCUT2D eigenvalue weighted by molar-refractivity contribution is 6.04. The summed E-state index contributed by atoms with van der Waals surface area (Å²) in [5.74, 6) is -0.617. The predicted octanol–water partition coefficient (Wildman–Crippen LogP) is 3.73. The summed E-state index contributed by atoms with van der Waals surface area (Å²) in [5.41, 5.74) is 2.79. The molecule has 3 amide bonds. The van der Waals surface area contributed by atoms with E-state index in [0.717, 1.165) is 17.5 Å². The van der Waals surface area contributed by atoms with E-state index >= 15 is 0 Å². The molecule has 2 N–H and O–H groups in total. The van der Waals surface area contributed by atoms with Crippen LogP contribution in [0.25, 0.3) is 6.08 Å². The first-order chi connectivity index (χ1) is 14.0. The molecule has 6 nitrogen and oxygen atoms in total. The molecule has 3 rings (SSSR count). The van der Waals surface area contributed by atoms with E-state index < -0.39 is 6.04 Å². The monoisotopic (exact) mass is 391 g/mol. The third kappa shape index (κ3) is 4.71. The Hall–Kier alpha value is -3.41. The third-order valence-corrected chi connectivity index (χ3v) is 4.83. The van der Waals surface area contributed by atoms with Crippen LogP contribution < -0.4 is 10.6 Å². The number of benzene rings is 2. The lowest BCUT2D eigenvalue weighted by Gasteiger charge is -2.32. The van der Waals surface area contributed by atoms with Gasteiger partial charge in [0.25, 0.3) is 5.91 Å². The SMILES string of the molecule is CCCNC(=O)c1ccccc1NC(=O)CC1c2ccccc2C=CN1C(C)=O. The molecule has 0 fully saturated rings. The zero-order valence-electron chi connectivity index (χ0n) is 16.6. The third-order valence-electron chi connectivity index (χ3n) is 4.83. The molecule has 1 heterocycles. The van der Waals surface area contributed by atoms with Gasteiger partial charge < -0.3 is 15.5 Å². The predicted molar refractivity (Wildman–Crippen MR) is 113 cm³/mol. The lowest BCUT2D eigenvalue weighted by Crippen LogP contribution is -2.33. The molecule has 29 heavy (non-hydrogen) atoms. The number of nitrogens with one attached hydrogen (secondary N) is 2. The van der Waals surface area contributed by atoms with Crippen LogP contribution in [0.15, 0.2) is 54.7 Å². The van der Waals surface area contributed by atoms with E-state index in [1.807, 2.05) is 37.3 Å². The summed E-state index contributed by atoms with van der Waals surface area (Å²) < 4.78 is 0. The maximum atomic E-state index is 12.8.